The molecule has 154 valence electrons. The minimum atomic E-state index is -0.880. The van der Waals surface area contributed by atoms with Crippen LogP contribution in [0.15, 0.2) is 54.6 Å². The number of aliphatic hydroxyl groups excluding tert-OH is 1. The number of carboxylic acids is 1. The molecule has 6 nitrogen and oxygen atoms in total. The topological polar surface area (TPSA) is 89.9 Å². The van der Waals surface area contributed by atoms with Crippen LogP contribution in [0.3, 0.4) is 0 Å². The minimum absolute atomic E-state index is 0.00988. The molecule has 0 radical (unpaired) electrons. The second-order valence-corrected chi connectivity index (χ2v) is 7.44. The molecule has 0 aromatic heterocycles. The Kier molecular flexibility index (Phi) is 7.25. The zero-order valence-corrected chi connectivity index (χ0v) is 16.5. The van der Waals surface area contributed by atoms with Gasteiger partial charge in [-0.2, -0.15) is 0 Å². The summed E-state index contributed by atoms with van der Waals surface area (Å²) in [6, 6.07) is 17.2. The van der Waals surface area contributed by atoms with Gasteiger partial charge in [-0.1, -0.05) is 54.6 Å². The third-order valence-corrected chi connectivity index (χ3v) is 5.44. The van der Waals surface area contributed by atoms with Crippen LogP contribution in [0, 0.1) is 0 Å². The number of rotatable bonds is 9. The fourth-order valence-corrected chi connectivity index (χ4v) is 4.04. The van der Waals surface area contributed by atoms with Gasteiger partial charge in [0.1, 0.15) is 0 Å². The summed E-state index contributed by atoms with van der Waals surface area (Å²) in [5, 5.41) is 21.6. The molecule has 2 atom stereocenters. The first-order valence-electron chi connectivity index (χ1n) is 10.1. The van der Waals surface area contributed by atoms with E-state index in [1.165, 1.54) is 5.56 Å². The van der Waals surface area contributed by atoms with Gasteiger partial charge in [-0.3, -0.25) is 4.79 Å². The molecule has 0 heterocycles. The van der Waals surface area contributed by atoms with Crippen molar-refractivity contribution in [3.05, 3.63) is 71.3 Å². The first-order valence-corrected chi connectivity index (χ1v) is 10.1. The molecule has 6 heteroatoms. The van der Waals surface area contributed by atoms with Crippen LogP contribution in [0.1, 0.15) is 42.0 Å². The van der Waals surface area contributed by atoms with Crippen LogP contribution in [0.2, 0.25) is 0 Å². The third-order valence-electron chi connectivity index (χ3n) is 5.44. The number of carboxylic acid groups (broad SMARTS) is 1. The van der Waals surface area contributed by atoms with Gasteiger partial charge in [0.05, 0.1) is 12.6 Å². The highest BCUT2D eigenvalue weighted by atomic mass is 16.4. The molecule has 0 fully saturated rings. The highest BCUT2D eigenvalue weighted by Gasteiger charge is 2.31. The summed E-state index contributed by atoms with van der Waals surface area (Å²) < 4.78 is 0. The molecule has 2 aromatic carbocycles. The lowest BCUT2D eigenvalue weighted by Crippen LogP contribution is -2.47. The predicted octanol–water partition coefficient (Wildman–Crippen LogP) is 3.15. The number of carbonyl (C=O) groups is 2. The number of aliphatic hydroxyl groups is 1. The number of nitrogens with one attached hydrogen (secondary N) is 1. The van der Waals surface area contributed by atoms with Gasteiger partial charge in [0.15, 0.2) is 0 Å². The molecule has 0 aliphatic heterocycles. The number of carbonyl (C=O) groups excluding carboxylic acids is 1. The first-order chi connectivity index (χ1) is 14.1. The number of fused-ring (bicyclic) bond motifs is 1. The number of hydrogen-bond donors (Lipinski definition) is 3. The van der Waals surface area contributed by atoms with E-state index in [0.29, 0.717) is 12.8 Å². The molecule has 1 aliphatic rings. The summed E-state index contributed by atoms with van der Waals surface area (Å²) in [4.78, 5) is 25.9. The molecule has 29 heavy (non-hydrogen) atoms. The molecule has 0 bridgehead atoms. The number of benzene rings is 2. The molecule has 3 rings (SSSR count). The zero-order chi connectivity index (χ0) is 20.6. The van der Waals surface area contributed by atoms with Gasteiger partial charge in [-0.15, -0.1) is 0 Å². The third kappa shape index (κ3) is 5.57. The second-order valence-electron chi connectivity index (χ2n) is 7.44. The standard InChI is InChI=1S/C23H28N2O4/c26-15-14-25(21-12-10-18-8-4-5-9-20(18)21)23(29)24-19(11-13-22(27)28)16-17-6-2-1-3-7-17/h1-9,19,21,26H,10-16H2,(H,24,29)(H,27,28). The zero-order valence-electron chi connectivity index (χ0n) is 16.5. The van der Waals surface area contributed by atoms with Crippen LogP contribution in [0.4, 0.5) is 4.79 Å². The number of aliphatic carboxylic acids is 1. The van der Waals surface area contributed by atoms with Crippen molar-refractivity contribution >= 4 is 12.0 Å². The summed E-state index contributed by atoms with van der Waals surface area (Å²) in [6.45, 7) is 0.117. The number of aryl methyl sites for hydroxylation is 1. The van der Waals surface area contributed by atoms with E-state index in [1.807, 2.05) is 48.5 Å². The number of nitrogens with zero attached hydrogens (tertiary/aromatic N) is 1. The van der Waals surface area contributed by atoms with E-state index in [4.69, 9.17) is 5.11 Å². The lowest BCUT2D eigenvalue weighted by Gasteiger charge is -2.31. The summed E-state index contributed by atoms with van der Waals surface area (Å²) >= 11 is 0. The maximum atomic E-state index is 13.1. The molecule has 2 unspecified atom stereocenters. The van der Waals surface area contributed by atoms with Gasteiger partial charge < -0.3 is 20.4 Å². The Bertz CT molecular complexity index is 825. The molecule has 0 saturated carbocycles. The summed E-state index contributed by atoms with van der Waals surface area (Å²) in [5.41, 5.74) is 3.41. The van der Waals surface area contributed by atoms with E-state index in [0.717, 1.165) is 24.0 Å². The van der Waals surface area contributed by atoms with Crippen molar-refractivity contribution in [3.63, 3.8) is 0 Å². The first kappa shape index (κ1) is 20.9. The largest absolute Gasteiger partial charge is 0.481 e. The Hall–Kier alpha value is -2.86. The van der Waals surface area contributed by atoms with Crippen molar-refractivity contribution in [2.24, 2.45) is 0 Å². The smallest absolute Gasteiger partial charge is 0.318 e. The maximum absolute atomic E-state index is 13.1. The average Bonchev–Trinajstić information content (AvgIpc) is 3.14. The monoisotopic (exact) mass is 396 g/mol. The quantitative estimate of drug-likeness (QED) is 0.607. The summed E-state index contributed by atoms with van der Waals surface area (Å²) in [5.74, 6) is -0.880. The molecule has 3 N–H and O–H groups in total. The Morgan fingerprint density at radius 2 is 1.83 bits per heavy atom. The van der Waals surface area contributed by atoms with Crippen molar-refractivity contribution in [2.45, 2.75) is 44.2 Å². The number of hydrogen-bond acceptors (Lipinski definition) is 3. The lowest BCUT2D eigenvalue weighted by atomic mass is 10.0. The molecule has 0 saturated heterocycles. The van der Waals surface area contributed by atoms with E-state index in [1.54, 1.807) is 4.90 Å². The van der Waals surface area contributed by atoms with Crippen LogP contribution in [0.5, 0.6) is 0 Å². The van der Waals surface area contributed by atoms with E-state index in [-0.39, 0.29) is 37.7 Å². The van der Waals surface area contributed by atoms with Gasteiger partial charge >= 0.3 is 12.0 Å². The number of urea groups is 1. The summed E-state index contributed by atoms with van der Waals surface area (Å²) in [6.07, 6.45) is 2.63. The predicted molar refractivity (Wildman–Crippen MR) is 111 cm³/mol. The minimum Gasteiger partial charge on any atom is -0.481 e. The van der Waals surface area contributed by atoms with Crippen molar-refractivity contribution < 1.29 is 19.8 Å². The van der Waals surface area contributed by atoms with Crippen LogP contribution < -0.4 is 5.32 Å². The molecule has 2 amide bonds. The van der Waals surface area contributed by atoms with E-state index in [9.17, 15) is 14.7 Å². The van der Waals surface area contributed by atoms with Gasteiger partial charge in [0.25, 0.3) is 0 Å². The fourth-order valence-electron chi connectivity index (χ4n) is 4.04. The van der Waals surface area contributed by atoms with Crippen molar-refractivity contribution in [2.75, 3.05) is 13.2 Å². The molecule has 0 spiro atoms. The lowest BCUT2D eigenvalue weighted by molar-refractivity contribution is -0.137. The fraction of sp³-hybridized carbons (Fsp3) is 0.391. The average molecular weight is 396 g/mol. The Labute approximate surface area is 171 Å². The number of amides is 2. The molecule has 1 aliphatic carbocycles. The van der Waals surface area contributed by atoms with Gasteiger partial charge in [-0.25, -0.2) is 4.79 Å². The van der Waals surface area contributed by atoms with Crippen LogP contribution in [-0.4, -0.2) is 46.3 Å². The van der Waals surface area contributed by atoms with Crippen molar-refractivity contribution in [1.82, 2.24) is 10.2 Å². The van der Waals surface area contributed by atoms with Crippen LogP contribution in [-0.2, 0) is 17.6 Å². The Balaban J connectivity index is 1.74. The molecular formula is C23H28N2O4. The Morgan fingerprint density at radius 1 is 1.10 bits per heavy atom. The van der Waals surface area contributed by atoms with Crippen molar-refractivity contribution in [3.8, 4) is 0 Å². The van der Waals surface area contributed by atoms with Crippen molar-refractivity contribution in [1.29, 1.82) is 0 Å². The van der Waals surface area contributed by atoms with Gasteiger partial charge in [0, 0.05) is 19.0 Å². The maximum Gasteiger partial charge on any atom is 0.318 e. The Morgan fingerprint density at radius 3 is 2.55 bits per heavy atom. The van der Waals surface area contributed by atoms with Gasteiger partial charge in [-0.05, 0) is 42.4 Å². The summed E-state index contributed by atoms with van der Waals surface area (Å²) in [7, 11) is 0. The highest BCUT2D eigenvalue weighted by Crippen LogP contribution is 2.35. The van der Waals surface area contributed by atoms with Crippen LogP contribution in [0.25, 0.3) is 0 Å². The van der Waals surface area contributed by atoms with E-state index >= 15 is 0 Å². The highest BCUT2D eigenvalue weighted by molar-refractivity contribution is 5.75. The SMILES string of the molecule is O=C(O)CCC(Cc1ccccc1)NC(=O)N(CCO)C1CCc2ccccc21. The molecular weight excluding hydrogens is 368 g/mol. The van der Waals surface area contributed by atoms with Crippen LogP contribution >= 0.6 is 0 Å². The normalized spacial score (nSPS) is 16.1. The van der Waals surface area contributed by atoms with E-state index in [2.05, 4.69) is 11.4 Å². The molecule has 2 aromatic rings. The second kappa shape index (κ2) is 10.1. The van der Waals surface area contributed by atoms with Gasteiger partial charge in [0.2, 0.25) is 0 Å². The van der Waals surface area contributed by atoms with E-state index < -0.39 is 5.97 Å².